The number of para-hydroxylation sites is 1. The van der Waals surface area contributed by atoms with E-state index in [-0.39, 0.29) is 12.5 Å². The maximum Gasteiger partial charge on any atom is 0.263 e. The van der Waals surface area contributed by atoms with Crippen LogP contribution in [0.4, 0.5) is 0 Å². The molecule has 1 heterocycles. The van der Waals surface area contributed by atoms with Crippen LogP contribution in [0.3, 0.4) is 0 Å². The molecular weight excluding hydrogens is 442 g/mol. The highest BCUT2D eigenvalue weighted by molar-refractivity contribution is 8.26. The lowest BCUT2D eigenvalue weighted by Gasteiger charge is -2.15. The zero-order valence-electron chi connectivity index (χ0n) is 16.3. The molecule has 5 nitrogen and oxygen atoms in total. The molecule has 30 heavy (non-hydrogen) atoms. The number of nitrogens with one attached hydrogen (secondary N) is 1. The standard InChI is InChI=1S/C22H20ClNO4S2/c1-3-6-15-7-4-5-8-17(15)27-9-10-28-20-16(23)11-14(12-18(20)26-2)13-19-21(25)24-22(29)30-19/h3-5,7-8,11-13H,1,6,9-10H2,2H3,(H,24,25,29). The van der Waals surface area contributed by atoms with Gasteiger partial charge in [0.1, 0.15) is 23.3 Å². The Hall–Kier alpha value is -2.48. The molecule has 1 N–H and O–H groups in total. The van der Waals surface area contributed by atoms with Crippen LogP contribution in [0, 0.1) is 0 Å². The lowest BCUT2D eigenvalue weighted by molar-refractivity contribution is -0.115. The van der Waals surface area contributed by atoms with E-state index in [0.717, 1.165) is 17.7 Å². The van der Waals surface area contributed by atoms with E-state index < -0.39 is 0 Å². The highest BCUT2D eigenvalue weighted by atomic mass is 35.5. The maximum absolute atomic E-state index is 11.9. The summed E-state index contributed by atoms with van der Waals surface area (Å²) in [5.41, 5.74) is 1.77. The SMILES string of the molecule is C=CCc1ccccc1OCCOc1c(Cl)cc(C=C2SC(=S)NC2=O)cc1OC. The minimum atomic E-state index is -0.227. The Balaban J connectivity index is 1.66. The van der Waals surface area contributed by atoms with Crippen LogP contribution in [-0.2, 0) is 11.2 Å². The number of rotatable bonds is 9. The van der Waals surface area contributed by atoms with Gasteiger partial charge in [0.15, 0.2) is 11.5 Å². The molecule has 2 aromatic carbocycles. The van der Waals surface area contributed by atoms with Crippen molar-refractivity contribution in [2.24, 2.45) is 0 Å². The molecule has 1 amide bonds. The Labute approximate surface area is 190 Å². The van der Waals surface area contributed by atoms with Crippen LogP contribution in [0.1, 0.15) is 11.1 Å². The summed E-state index contributed by atoms with van der Waals surface area (Å²) in [4.78, 5) is 12.4. The van der Waals surface area contributed by atoms with Gasteiger partial charge in [0.05, 0.1) is 17.0 Å². The van der Waals surface area contributed by atoms with Crippen molar-refractivity contribution in [3.63, 3.8) is 0 Å². The van der Waals surface area contributed by atoms with Crippen molar-refractivity contribution in [1.29, 1.82) is 0 Å². The summed E-state index contributed by atoms with van der Waals surface area (Å²) >= 11 is 12.6. The number of carbonyl (C=O) groups is 1. The first-order valence-corrected chi connectivity index (χ1v) is 10.7. The van der Waals surface area contributed by atoms with Gasteiger partial charge in [-0.05, 0) is 41.8 Å². The van der Waals surface area contributed by atoms with Gasteiger partial charge >= 0.3 is 0 Å². The summed E-state index contributed by atoms with van der Waals surface area (Å²) in [6, 6.07) is 11.3. The summed E-state index contributed by atoms with van der Waals surface area (Å²) < 4.78 is 17.5. The van der Waals surface area contributed by atoms with Crippen LogP contribution in [0.5, 0.6) is 17.2 Å². The zero-order chi connectivity index (χ0) is 21.5. The van der Waals surface area contributed by atoms with E-state index in [1.807, 2.05) is 30.3 Å². The molecule has 3 rings (SSSR count). The molecule has 0 spiro atoms. The van der Waals surface area contributed by atoms with Crippen molar-refractivity contribution >= 4 is 51.9 Å². The van der Waals surface area contributed by atoms with E-state index in [1.165, 1.54) is 18.9 Å². The molecule has 0 unspecified atom stereocenters. The van der Waals surface area contributed by atoms with Crippen LogP contribution < -0.4 is 19.5 Å². The summed E-state index contributed by atoms with van der Waals surface area (Å²) in [6.07, 6.45) is 4.27. The molecule has 2 aromatic rings. The summed E-state index contributed by atoms with van der Waals surface area (Å²) in [5.74, 6) is 1.45. The fourth-order valence-corrected chi connectivity index (χ4v) is 4.12. The fourth-order valence-electron chi connectivity index (χ4n) is 2.80. The minimum Gasteiger partial charge on any atom is -0.493 e. The molecule has 1 saturated heterocycles. The summed E-state index contributed by atoms with van der Waals surface area (Å²) in [5, 5.41) is 2.95. The summed E-state index contributed by atoms with van der Waals surface area (Å²) in [6.45, 7) is 4.39. The van der Waals surface area contributed by atoms with Gasteiger partial charge in [-0.15, -0.1) is 6.58 Å². The van der Waals surface area contributed by atoms with E-state index >= 15 is 0 Å². The van der Waals surface area contributed by atoms with Crippen LogP contribution in [-0.4, -0.2) is 30.6 Å². The van der Waals surface area contributed by atoms with Gasteiger partial charge in [0, 0.05) is 0 Å². The first-order valence-electron chi connectivity index (χ1n) is 9.08. The molecule has 0 aliphatic carbocycles. The Morgan fingerprint density at radius 3 is 2.67 bits per heavy atom. The first-order chi connectivity index (χ1) is 14.5. The number of halogens is 1. The molecule has 1 aliphatic rings. The second-order valence-electron chi connectivity index (χ2n) is 6.18. The Morgan fingerprint density at radius 1 is 1.20 bits per heavy atom. The third-order valence-electron chi connectivity index (χ3n) is 4.12. The van der Waals surface area contributed by atoms with Crippen molar-refractivity contribution in [1.82, 2.24) is 5.32 Å². The average Bonchev–Trinajstić information content (AvgIpc) is 3.04. The molecule has 0 atom stereocenters. The average molecular weight is 462 g/mol. The first kappa shape index (κ1) is 22.2. The predicted octanol–water partition coefficient (Wildman–Crippen LogP) is 5.02. The van der Waals surface area contributed by atoms with Crippen molar-refractivity contribution in [2.75, 3.05) is 20.3 Å². The lowest BCUT2D eigenvalue weighted by atomic mass is 10.1. The van der Waals surface area contributed by atoms with Gasteiger partial charge in [-0.2, -0.15) is 0 Å². The molecule has 1 aliphatic heterocycles. The number of amides is 1. The number of thiocarbonyl (C=S) groups is 1. The molecule has 0 saturated carbocycles. The second kappa shape index (κ2) is 10.5. The quantitative estimate of drug-likeness (QED) is 0.245. The Morgan fingerprint density at radius 2 is 1.97 bits per heavy atom. The highest BCUT2D eigenvalue weighted by Gasteiger charge is 2.22. The topological polar surface area (TPSA) is 56.8 Å². The van der Waals surface area contributed by atoms with E-state index in [2.05, 4.69) is 11.9 Å². The number of methoxy groups -OCH3 is 1. The second-order valence-corrected chi connectivity index (χ2v) is 8.31. The summed E-state index contributed by atoms with van der Waals surface area (Å²) in [7, 11) is 1.53. The van der Waals surface area contributed by atoms with E-state index in [9.17, 15) is 4.79 Å². The zero-order valence-corrected chi connectivity index (χ0v) is 18.7. The molecular formula is C22H20ClNO4S2. The van der Waals surface area contributed by atoms with Gasteiger partial charge in [-0.3, -0.25) is 4.79 Å². The molecule has 8 heteroatoms. The molecule has 1 fully saturated rings. The number of allylic oxidation sites excluding steroid dienone is 1. The van der Waals surface area contributed by atoms with E-state index in [4.69, 9.17) is 38.0 Å². The monoisotopic (exact) mass is 461 g/mol. The Kier molecular flexibility index (Phi) is 7.79. The van der Waals surface area contributed by atoms with Gasteiger partial charge in [-0.1, -0.05) is 59.9 Å². The molecule has 0 radical (unpaired) electrons. The predicted molar refractivity (Wildman–Crippen MR) is 126 cm³/mol. The van der Waals surface area contributed by atoms with Gasteiger partial charge in [0.2, 0.25) is 0 Å². The largest absolute Gasteiger partial charge is 0.493 e. The van der Waals surface area contributed by atoms with Crippen molar-refractivity contribution in [3.8, 4) is 17.2 Å². The smallest absolute Gasteiger partial charge is 0.263 e. The van der Waals surface area contributed by atoms with E-state index in [0.29, 0.717) is 37.9 Å². The maximum atomic E-state index is 11.9. The third kappa shape index (κ3) is 5.56. The number of hydrogen-bond acceptors (Lipinski definition) is 6. The van der Waals surface area contributed by atoms with Crippen molar-refractivity contribution in [2.45, 2.75) is 6.42 Å². The van der Waals surface area contributed by atoms with Gasteiger partial charge in [0.25, 0.3) is 5.91 Å². The lowest BCUT2D eigenvalue weighted by Crippen LogP contribution is -2.17. The van der Waals surface area contributed by atoms with Gasteiger partial charge < -0.3 is 19.5 Å². The third-order valence-corrected chi connectivity index (χ3v) is 5.56. The number of carbonyl (C=O) groups excluding carboxylic acids is 1. The van der Waals surface area contributed by atoms with E-state index in [1.54, 1.807) is 18.2 Å². The van der Waals surface area contributed by atoms with Crippen LogP contribution in [0.2, 0.25) is 5.02 Å². The van der Waals surface area contributed by atoms with Gasteiger partial charge in [-0.25, -0.2) is 0 Å². The number of hydrogen-bond donors (Lipinski definition) is 1. The normalized spacial score (nSPS) is 14.5. The van der Waals surface area contributed by atoms with Crippen molar-refractivity contribution in [3.05, 3.63) is 70.1 Å². The molecule has 0 bridgehead atoms. The van der Waals surface area contributed by atoms with Crippen LogP contribution in [0.25, 0.3) is 6.08 Å². The Bertz CT molecular complexity index is 1010. The number of benzene rings is 2. The fraction of sp³-hybridized carbons (Fsp3) is 0.182. The highest BCUT2D eigenvalue weighted by Crippen LogP contribution is 2.38. The molecule has 0 aromatic heterocycles. The molecule has 156 valence electrons. The van der Waals surface area contributed by atoms with Crippen LogP contribution >= 0.6 is 35.6 Å². The van der Waals surface area contributed by atoms with Crippen molar-refractivity contribution < 1.29 is 19.0 Å². The number of thioether (sulfide) groups is 1. The van der Waals surface area contributed by atoms with Crippen LogP contribution in [0.15, 0.2) is 54.0 Å². The number of ether oxygens (including phenoxy) is 3. The minimum absolute atomic E-state index is 0.227.